The lowest BCUT2D eigenvalue weighted by Crippen LogP contribution is -3.00. The Morgan fingerprint density at radius 3 is 1.37 bits per heavy atom. The monoisotopic (exact) mass is 851 g/mol. The first-order chi connectivity index (χ1) is 27.0. The Hall–Kier alpha value is -1.21. The summed E-state index contributed by atoms with van der Waals surface area (Å²) in [6.07, 6.45) is 32.9. The van der Waals surface area contributed by atoms with E-state index in [2.05, 4.69) is 39.8 Å². The van der Waals surface area contributed by atoms with Crippen molar-refractivity contribution in [3.05, 3.63) is 11.4 Å². The van der Waals surface area contributed by atoms with Gasteiger partial charge in [0.05, 0.1) is 40.9 Å². The van der Waals surface area contributed by atoms with E-state index in [1.807, 2.05) is 0 Å². The zero-order valence-electron chi connectivity index (χ0n) is 37.5. The fraction of sp³-hybridized carbons (Fsp3) is 0.933. The summed E-state index contributed by atoms with van der Waals surface area (Å²) in [6.45, 7) is 12.0. The summed E-state index contributed by atoms with van der Waals surface area (Å²) < 4.78 is 42.3. The second kappa shape index (κ2) is 41.5. The van der Waals surface area contributed by atoms with Crippen LogP contribution < -0.4 is 12.4 Å². The third-order valence-electron chi connectivity index (χ3n) is 10.0. The van der Waals surface area contributed by atoms with Crippen molar-refractivity contribution >= 4 is 19.8 Å². The average molecular weight is 852 g/mol. The van der Waals surface area contributed by atoms with Crippen LogP contribution in [0.5, 0.6) is 0 Å². The molecule has 0 aromatic heterocycles. The molecule has 0 heterocycles. The maximum absolute atomic E-state index is 13.5. The van der Waals surface area contributed by atoms with E-state index in [1.165, 1.54) is 128 Å². The lowest BCUT2D eigenvalue weighted by molar-refractivity contribution is -0.870. The van der Waals surface area contributed by atoms with E-state index in [1.54, 1.807) is 0 Å². The normalized spacial score (nSPS) is 13.1. The zero-order chi connectivity index (χ0) is 41.4. The molecule has 0 aromatic rings. The van der Waals surface area contributed by atoms with Crippen molar-refractivity contribution in [2.24, 2.45) is 0 Å². The number of esters is 2. The predicted octanol–water partition coefficient (Wildman–Crippen LogP) is 9.97. The first-order valence-corrected chi connectivity index (χ1v) is 24.5. The van der Waals surface area contributed by atoms with E-state index < -0.39 is 19.9 Å². The van der Waals surface area contributed by atoms with Gasteiger partial charge in [0.2, 0.25) is 6.54 Å². The summed E-state index contributed by atoms with van der Waals surface area (Å²) in [4.78, 5) is 28.8. The van der Waals surface area contributed by atoms with Crippen LogP contribution in [-0.2, 0) is 37.2 Å². The van der Waals surface area contributed by atoms with E-state index in [0.717, 1.165) is 56.0 Å². The summed E-state index contributed by atoms with van der Waals surface area (Å²) in [5, 5.41) is 0. The Labute approximate surface area is 357 Å². The smallest absolute Gasteiger partial charge is 0.475 e. The molecule has 0 fully saturated rings. The van der Waals surface area contributed by atoms with Gasteiger partial charge in [-0.25, -0.2) is 11.1 Å². The van der Waals surface area contributed by atoms with Crippen molar-refractivity contribution in [2.75, 3.05) is 60.7 Å². The van der Waals surface area contributed by atoms with Crippen LogP contribution in [0.3, 0.4) is 0 Å². The summed E-state index contributed by atoms with van der Waals surface area (Å²) in [5.41, 5.74) is 0. The SMILES string of the molecule is [C-]#[N+]CCOP(=O)(OCCCC[N+](C)(C)C)OCC(COC(=O)CCCCCCCCCCCCCCC)OC(=O)CCCCCCCCCCCCCCC.[Cl-]. The first-order valence-electron chi connectivity index (χ1n) is 23.1. The Kier molecular flexibility index (Phi) is 42.2. The van der Waals surface area contributed by atoms with Gasteiger partial charge >= 0.3 is 19.8 Å². The number of phosphoric ester groups is 1. The molecule has 0 aliphatic heterocycles. The molecule has 2 atom stereocenters. The number of nitrogens with zero attached hydrogens (tertiary/aromatic N) is 2. The molecule has 0 aliphatic rings. The highest BCUT2D eigenvalue weighted by atomic mass is 35.5. The number of quaternary nitrogens is 1. The van der Waals surface area contributed by atoms with Crippen molar-refractivity contribution in [1.82, 2.24) is 0 Å². The molecule has 0 spiro atoms. The van der Waals surface area contributed by atoms with Gasteiger partial charge in [0, 0.05) is 12.8 Å². The maximum Gasteiger partial charge on any atom is 0.475 e. The lowest BCUT2D eigenvalue weighted by atomic mass is 10.0. The minimum absolute atomic E-state index is 0. The van der Waals surface area contributed by atoms with Gasteiger partial charge in [0.15, 0.2) is 6.10 Å². The van der Waals surface area contributed by atoms with Gasteiger partial charge in [-0.2, -0.15) is 0 Å². The number of halogens is 1. The highest BCUT2D eigenvalue weighted by Crippen LogP contribution is 2.49. The Balaban J connectivity index is 0. The van der Waals surface area contributed by atoms with Crippen molar-refractivity contribution in [1.29, 1.82) is 0 Å². The van der Waals surface area contributed by atoms with Crippen molar-refractivity contribution in [2.45, 2.75) is 213 Å². The van der Waals surface area contributed by atoms with E-state index in [4.69, 9.17) is 29.6 Å². The number of unbranched alkanes of at least 4 members (excludes halogenated alkanes) is 25. The number of carbonyl (C=O) groups is 2. The zero-order valence-corrected chi connectivity index (χ0v) is 39.2. The van der Waals surface area contributed by atoms with Gasteiger partial charge < -0.3 is 31.2 Å². The van der Waals surface area contributed by atoms with Gasteiger partial charge in [-0.3, -0.25) is 23.2 Å². The lowest BCUT2D eigenvalue weighted by Gasteiger charge is -2.24. The van der Waals surface area contributed by atoms with Crippen molar-refractivity contribution in [3.8, 4) is 0 Å². The molecule has 0 aromatic carbocycles. The van der Waals surface area contributed by atoms with Crippen molar-refractivity contribution < 1.29 is 54.1 Å². The highest BCUT2D eigenvalue weighted by Gasteiger charge is 2.30. The standard InChI is InChI=1S/C45H88N2O8P.ClH/c1-7-9-11-13-15-17-19-21-23-25-27-29-31-35-44(48)51-41-43(42-54-56(50,53-40-37-46-3)52-39-34-33-38-47(4,5)6)55-45(49)36-32-30-28-26-24-22-20-18-16-14-12-10-8-2;/h43H,7-42H2,1-2,4-6H3;1H/q+1;/p-1. The Morgan fingerprint density at radius 1 is 0.544 bits per heavy atom. The van der Waals surface area contributed by atoms with Crippen LogP contribution in [0.15, 0.2) is 0 Å². The Morgan fingerprint density at radius 2 is 0.947 bits per heavy atom. The highest BCUT2D eigenvalue weighted by molar-refractivity contribution is 7.48. The summed E-state index contributed by atoms with van der Waals surface area (Å²) in [6, 6.07) is 0. The minimum atomic E-state index is -4.05. The van der Waals surface area contributed by atoms with Gasteiger partial charge in [-0.05, 0) is 25.7 Å². The largest absolute Gasteiger partial charge is 1.00 e. The Bertz CT molecular complexity index is 1010. The quantitative estimate of drug-likeness (QED) is 0.0197. The van der Waals surface area contributed by atoms with Crippen LogP contribution in [0.25, 0.3) is 4.85 Å². The second-order valence-electron chi connectivity index (χ2n) is 16.8. The van der Waals surface area contributed by atoms with E-state index in [9.17, 15) is 14.2 Å². The summed E-state index contributed by atoms with van der Waals surface area (Å²) in [5.74, 6) is -0.755. The fourth-order valence-corrected chi connectivity index (χ4v) is 7.77. The molecule has 10 nitrogen and oxygen atoms in total. The molecule has 0 amide bonds. The number of phosphoric acid groups is 1. The molecular formula is C45H88ClN2O8P. The van der Waals surface area contributed by atoms with Crippen LogP contribution in [0, 0.1) is 6.57 Å². The first kappa shape index (κ1) is 57.9. The third-order valence-corrected chi connectivity index (χ3v) is 11.5. The van der Waals surface area contributed by atoms with E-state index in [-0.39, 0.29) is 57.8 Å². The van der Waals surface area contributed by atoms with E-state index in [0.29, 0.717) is 12.8 Å². The number of hydrogen-bond acceptors (Lipinski definition) is 8. The molecule has 0 saturated carbocycles. The maximum atomic E-state index is 13.5. The van der Waals surface area contributed by atoms with Gasteiger partial charge in [0.25, 0.3) is 0 Å². The molecule has 0 N–H and O–H groups in total. The van der Waals surface area contributed by atoms with E-state index >= 15 is 0 Å². The van der Waals surface area contributed by atoms with Crippen LogP contribution in [0.4, 0.5) is 0 Å². The molecular weight excluding hydrogens is 763 g/mol. The van der Waals surface area contributed by atoms with Gasteiger partial charge in [-0.15, -0.1) is 0 Å². The number of rotatable bonds is 43. The number of ether oxygens (including phenoxy) is 2. The van der Waals surface area contributed by atoms with Crippen LogP contribution >= 0.6 is 7.82 Å². The fourth-order valence-electron chi connectivity index (χ4n) is 6.54. The van der Waals surface area contributed by atoms with Crippen LogP contribution in [0.1, 0.15) is 206 Å². The van der Waals surface area contributed by atoms with Gasteiger partial charge in [0.1, 0.15) is 13.2 Å². The predicted molar refractivity (Wildman–Crippen MR) is 231 cm³/mol. The third kappa shape index (κ3) is 42.7. The molecule has 12 heteroatoms. The molecule has 2 unspecified atom stereocenters. The topological polar surface area (TPSA) is 102 Å². The van der Waals surface area contributed by atoms with Crippen LogP contribution in [0.2, 0.25) is 0 Å². The molecule has 0 radical (unpaired) electrons. The summed E-state index contributed by atoms with van der Waals surface area (Å²) >= 11 is 0. The minimum Gasteiger partial charge on any atom is -1.00 e. The number of hydrogen-bond donors (Lipinski definition) is 0. The second-order valence-corrected chi connectivity index (χ2v) is 18.5. The summed E-state index contributed by atoms with van der Waals surface area (Å²) in [7, 11) is 2.27. The molecule has 0 saturated heterocycles. The van der Waals surface area contributed by atoms with Crippen molar-refractivity contribution in [3.63, 3.8) is 0 Å². The van der Waals surface area contributed by atoms with Gasteiger partial charge in [-0.1, -0.05) is 168 Å². The molecule has 0 aliphatic carbocycles. The number of carbonyl (C=O) groups excluding carboxylic acids is 2. The molecule has 0 bridgehead atoms. The van der Waals surface area contributed by atoms with Crippen LogP contribution in [-0.4, -0.2) is 83.2 Å². The molecule has 0 rings (SSSR count). The average Bonchev–Trinajstić information content (AvgIpc) is 3.16. The molecule has 338 valence electrons. The molecule has 57 heavy (non-hydrogen) atoms.